The Hall–Kier alpha value is -1.99. The van der Waals surface area contributed by atoms with Crippen molar-refractivity contribution in [1.82, 2.24) is 10.3 Å². The van der Waals surface area contributed by atoms with Crippen molar-refractivity contribution in [3.05, 3.63) is 29.6 Å². The molecule has 7 heteroatoms. The van der Waals surface area contributed by atoms with Crippen molar-refractivity contribution in [1.29, 1.82) is 0 Å². The summed E-state index contributed by atoms with van der Waals surface area (Å²) in [6.07, 6.45) is 3.63. The van der Waals surface area contributed by atoms with Crippen molar-refractivity contribution in [3.8, 4) is 0 Å². The van der Waals surface area contributed by atoms with Gasteiger partial charge in [0.25, 0.3) is 5.91 Å². The van der Waals surface area contributed by atoms with Gasteiger partial charge < -0.3 is 19.9 Å². The quantitative estimate of drug-likeness (QED) is 0.859. The third-order valence-electron chi connectivity index (χ3n) is 4.14. The second-order valence-electron chi connectivity index (χ2n) is 5.73. The van der Waals surface area contributed by atoms with E-state index in [2.05, 4.69) is 10.3 Å². The maximum absolute atomic E-state index is 12.3. The number of hydrogen-bond donors (Lipinski definition) is 2. The molecule has 2 N–H and O–H groups in total. The average Bonchev–Trinajstić information content (AvgIpc) is 2.95. The first kappa shape index (κ1) is 14.9. The van der Waals surface area contributed by atoms with Crippen LogP contribution in [-0.2, 0) is 9.47 Å². The molecule has 0 aliphatic carbocycles. The lowest BCUT2D eigenvalue weighted by molar-refractivity contribution is -0.0881. The van der Waals surface area contributed by atoms with E-state index in [0.29, 0.717) is 25.4 Å². The third-order valence-corrected chi connectivity index (χ3v) is 4.14. The smallest absolute Gasteiger partial charge is 0.354 e. The van der Waals surface area contributed by atoms with Gasteiger partial charge in [-0.25, -0.2) is 9.78 Å². The molecular weight excluding hydrogens is 288 g/mol. The van der Waals surface area contributed by atoms with E-state index in [1.54, 1.807) is 0 Å². The monoisotopic (exact) mass is 306 g/mol. The van der Waals surface area contributed by atoms with Crippen molar-refractivity contribution in [2.24, 2.45) is 0 Å². The molecule has 2 saturated heterocycles. The number of aromatic nitrogens is 1. The number of ether oxygens (including phenoxy) is 2. The fraction of sp³-hybridized carbons (Fsp3) is 0.533. The van der Waals surface area contributed by atoms with E-state index in [-0.39, 0.29) is 23.2 Å². The Kier molecular flexibility index (Phi) is 4.08. The molecule has 2 atom stereocenters. The number of pyridine rings is 1. The first-order chi connectivity index (χ1) is 10.6. The Bertz CT molecular complexity index is 583. The number of carboxylic acid groups (broad SMARTS) is 1. The number of rotatable bonds is 3. The maximum Gasteiger partial charge on any atom is 0.354 e. The highest BCUT2D eigenvalue weighted by Crippen LogP contribution is 2.32. The first-order valence-electron chi connectivity index (χ1n) is 7.30. The molecule has 0 saturated carbocycles. The van der Waals surface area contributed by atoms with Crippen LogP contribution in [0.3, 0.4) is 0 Å². The van der Waals surface area contributed by atoms with Gasteiger partial charge in [0.15, 0.2) is 0 Å². The lowest BCUT2D eigenvalue weighted by Gasteiger charge is -2.37. The van der Waals surface area contributed by atoms with Crippen LogP contribution in [0.2, 0.25) is 0 Å². The Morgan fingerprint density at radius 1 is 1.41 bits per heavy atom. The Balaban J connectivity index is 1.66. The van der Waals surface area contributed by atoms with E-state index < -0.39 is 5.97 Å². The van der Waals surface area contributed by atoms with Crippen molar-refractivity contribution in [3.63, 3.8) is 0 Å². The standard InChI is InChI=1S/C15H18N2O5/c18-13(10-1-4-16-12(7-10)14(19)20)17-11-2-5-22-15(8-11)3-6-21-9-15/h1,4,7,11H,2-3,5-6,8-9H2,(H,17,18)(H,19,20). The van der Waals surface area contributed by atoms with Gasteiger partial charge in [0.05, 0.1) is 12.2 Å². The maximum atomic E-state index is 12.3. The summed E-state index contributed by atoms with van der Waals surface area (Å²) in [6.45, 7) is 1.84. The largest absolute Gasteiger partial charge is 0.477 e. The minimum absolute atomic E-state index is 0.00407. The summed E-state index contributed by atoms with van der Waals surface area (Å²) in [4.78, 5) is 26.9. The van der Waals surface area contributed by atoms with Crippen molar-refractivity contribution < 1.29 is 24.2 Å². The molecule has 22 heavy (non-hydrogen) atoms. The second-order valence-corrected chi connectivity index (χ2v) is 5.73. The van der Waals surface area contributed by atoms with Crippen LogP contribution in [0.5, 0.6) is 0 Å². The van der Waals surface area contributed by atoms with Gasteiger partial charge in [-0.1, -0.05) is 0 Å². The molecule has 3 heterocycles. The number of aromatic carboxylic acids is 1. The van der Waals surface area contributed by atoms with Crippen LogP contribution in [0, 0.1) is 0 Å². The molecule has 2 unspecified atom stereocenters. The number of amides is 1. The highest BCUT2D eigenvalue weighted by molar-refractivity contribution is 5.96. The van der Waals surface area contributed by atoms with E-state index >= 15 is 0 Å². The minimum atomic E-state index is -1.15. The molecule has 2 fully saturated rings. The molecule has 0 radical (unpaired) electrons. The topological polar surface area (TPSA) is 97.8 Å². The zero-order valence-corrected chi connectivity index (χ0v) is 12.1. The summed E-state index contributed by atoms with van der Waals surface area (Å²) in [7, 11) is 0. The molecule has 1 spiro atoms. The predicted octanol–water partition coefficient (Wildman–Crippen LogP) is 0.848. The van der Waals surface area contributed by atoms with E-state index in [1.165, 1.54) is 18.3 Å². The van der Waals surface area contributed by atoms with Crippen LogP contribution in [0.4, 0.5) is 0 Å². The van der Waals surface area contributed by atoms with Gasteiger partial charge in [0.1, 0.15) is 5.69 Å². The molecule has 0 bridgehead atoms. The van der Waals surface area contributed by atoms with Gasteiger partial charge in [0, 0.05) is 37.4 Å². The van der Waals surface area contributed by atoms with Gasteiger partial charge in [-0.2, -0.15) is 0 Å². The molecule has 2 aliphatic heterocycles. The normalized spacial score (nSPS) is 27.7. The van der Waals surface area contributed by atoms with E-state index in [9.17, 15) is 9.59 Å². The highest BCUT2D eigenvalue weighted by atomic mass is 16.6. The number of carboxylic acids is 1. The summed E-state index contributed by atoms with van der Waals surface area (Å²) in [5.74, 6) is -1.44. The van der Waals surface area contributed by atoms with Crippen LogP contribution in [-0.4, -0.2) is 53.4 Å². The van der Waals surface area contributed by atoms with Crippen molar-refractivity contribution in [2.45, 2.75) is 30.9 Å². The van der Waals surface area contributed by atoms with Crippen molar-refractivity contribution in [2.75, 3.05) is 19.8 Å². The molecule has 1 aromatic rings. The van der Waals surface area contributed by atoms with Gasteiger partial charge in [0.2, 0.25) is 0 Å². The fourth-order valence-electron chi connectivity index (χ4n) is 2.97. The van der Waals surface area contributed by atoms with E-state index in [4.69, 9.17) is 14.6 Å². The number of hydrogen-bond acceptors (Lipinski definition) is 5. The van der Waals surface area contributed by atoms with Crippen LogP contribution in [0.15, 0.2) is 18.3 Å². The zero-order chi connectivity index (χ0) is 15.6. The second kappa shape index (κ2) is 6.02. The zero-order valence-electron chi connectivity index (χ0n) is 12.1. The summed E-state index contributed by atoms with van der Waals surface area (Å²) in [6, 6.07) is 2.80. The van der Waals surface area contributed by atoms with Crippen LogP contribution >= 0.6 is 0 Å². The number of nitrogens with zero attached hydrogens (tertiary/aromatic N) is 1. The molecule has 1 aromatic heterocycles. The number of carbonyl (C=O) groups is 2. The fourth-order valence-corrected chi connectivity index (χ4v) is 2.97. The minimum Gasteiger partial charge on any atom is -0.477 e. The van der Waals surface area contributed by atoms with Gasteiger partial charge >= 0.3 is 5.97 Å². The molecule has 7 nitrogen and oxygen atoms in total. The molecule has 118 valence electrons. The van der Waals surface area contributed by atoms with Crippen LogP contribution in [0.1, 0.15) is 40.1 Å². The number of nitrogens with one attached hydrogen (secondary N) is 1. The summed E-state index contributed by atoms with van der Waals surface area (Å²) < 4.78 is 11.2. The first-order valence-corrected chi connectivity index (χ1v) is 7.30. The Morgan fingerprint density at radius 2 is 2.27 bits per heavy atom. The van der Waals surface area contributed by atoms with E-state index in [0.717, 1.165) is 19.3 Å². The van der Waals surface area contributed by atoms with Crippen molar-refractivity contribution >= 4 is 11.9 Å². The molecule has 0 aromatic carbocycles. The lowest BCUT2D eigenvalue weighted by Crippen LogP contribution is -2.49. The van der Waals surface area contributed by atoms with E-state index in [1.807, 2.05) is 0 Å². The molecule has 3 rings (SSSR count). The number of carbonyl (C=O) groups excluding carboxylic acids is 1. The Labute approximate surface area is 127 Å². The van der Waals surface area contributed by atoms with Crippen LogP contribution < -0.4 is 5.32 Å². The lowest BCUT2D eigenvalue weighted by atomic mass is 9.89. The molecule has 2 aliphatic rings. The van der Waals surface area contributed by atoms with Gasteiger partial charge in [-0.15, -0.1) is 0 Å². The van der Waals surface area contributed by atoms with Gasteiger partial charge in [-0.3, -0.25) is 4.79 Å². The highest BCUT2D eigenvalue weighted by Gasteiger charge is 2.41. The summed E-state index contributed by atoms with van der Waals surface area (Å²) >= 11 is 0. The van der Waals surface area contributed by atoms with Gasteiger partial charge in [-0.05, 0) is 25.0 Å². The summed E-state index contributed by atoms with van der Waals surface area (Å²) in [5, 5.41) is 11.9. The summed E-state index contributed by atoms with van der Waals surface area (Å²) in [5.41, 5.74) is -0.114. The predicted molar refractivity (Wildman–Crippen MR) is 75.8 cm³/mol. The van der Waals surface area contributed by atoms with Crippen LogP contribution in [0.25, 0.3) is 0 Å². The molecule has 1 amide bonds. The Morgan fingerprint density at radius 3 is 3.00 bits per heavy atom. The average molecular weight is 306 g/mol. The third kappa shape index (κ3) is 3.10. The SMILES string of the molecule is O=C(NC1CCOC2(CCOC2)C1)c1ccnc(C(=O)O)c1. The molecular formula is C15H18N2O5.